The summed E-state index contributed by atoms with van der Waals surface area (Å²) in [5.41, 5.74) is 1.48. The molecule has 0 atom stereocenters. The number of benzene rings is 1. The molecule has 6 heteroatoms. The van der Waals surface area contributed by atoms with Gasteiger partial charge in [0.1, 0.15) is 0 Å². The van der Waals surface area contributed by atoms with Crippen LogP contribution < -0.4 is 5.32 Å². The van der Waals surface area contributed by atoms with Gasteiger partial charge in [-0.15, -0.1) is 0 Å². The maximum Gasteiger partial charge on any atom is 0.292 e. The number of carbonyl (C=O) groups excluding carboxylic acids is 2. The molecule has 120 valence electrons. The van der Waals surface area contributed by atoms with Crippen molar-refractivity contribution in [2.45, 2.75) is 19.8 Å². The van der Waals surface area contributed by atoms with E-state index in [0.717, 1.165) is 5.69 Å². The average molecular weight is 313 g/mol. The number of nitrogens with one attached hydrogen (secondary N) is 1. The zero-order chi connectivity index (χ0) is 16.2. The third kappa shape index (κ3) is 3.59. The van der Waals surface area contributed by atoms with Crippen molar-refractivity contribution < 1.29 is 14.1 Å². The van der Waals surface area contributed by atoms with E-state index in [-0.39, 0.29) is 23.5 Å². The van der Waals surface area contributed by atoms with Gasteiger partial charge in [-0.05, 0) is 31.9 Å². The van der Waals surface area contributed by atoms with Crippen LogP contribution in [0.15, 0.2) is 40.9 Å². The van der Waals surface area contributed by atoms with Crippen LogP contribution in [0, 0.1) is 12.8 Å². The molecule has 0 radical (unpaired) electrons. The van der Waals surface area contributed by atoms with Crippen LogP contribution in [0.25, 0.3) is 0 Å². The minimum atomic E-state index is -0.160. The first kappa shape index (κ1) is 15.3. The summed E-state index contributed by atoms with van der Waals surface area (Å²) >= 11 is 0. The SMILES string of the molecule is Cc1cc(C(=O)N2CCC(C(=O)Nc3ccccc3)CC2)on1. The van der Waals surface area contributed by atoms with Gasteiger partial charge >= 0.3 is 0 Å². The Morgan fingerprint density at radius 1 is 1.22 bits per heavy atom. The second kappa shape index (κ2) is 6.64. The van der Waals surface area contributed by atoms with Gasteiger partial charge in [0.05, 0.1) is 5.69 Å². The zero-order valence-corrected chi connectivity index (χ0v) is 13.0. The first-order chi connectivity index (χ1) is 11.1. The van der Waals surface area contributed by atoms with Crippen LogP contribution in [0.2, 0.25) is 0 Å². The molecule has 23 heavy (non-hydrogen) atoms. The van der Waals surface area contributed by atoms with Gasteiger partial charge in [-0.3, -0.25) is 9.59 Å². The highest BCUT2D eigenvalue weighted by Gasteiger charge is 2.29. The monoisotopic (exact) mass is 313 g/mol. The highest BCUT2D eigenvalue weighted by molar-refractivity contribution is 5.93. The van der Waals surface area contributed by atoms with Crippen molar-refractivity contribution in [3.05, 3.63) is 47.9 Å². The van der Waals surface area contributed by atoms with E-state index in [9.17, 15) is 9.59 Å². The average Bonchev–Trinajstić information content (AvgIpc) is 3.02. The van der Waals surface area contributed by atoms with Gasteiger partial charge in [0.25, 0.3) is 5.91 Å². The summed E-state index contributed by atoms with van der Waals surface area (Å²) in [6.07, 6.45) is 1.30. The summed E-state index contributed by atoms with van der Waals surface area (Å²) in [5.74, 6) is 0.0386. The number of para-hydroxylation sites is 1. The molecule has 1 fully saturated rings. The molecule has 1 aliphatic heterocycles. The van der Waals surface area contributed by atoms with Crippen LogP contribution in [0.3, 0.4) is 0 Å². The van der Waals surface area contributed by atoms with Crippen LogP contribution in [0.5, 0.6) is 0 Å². The van der Waals surface area contributed by atoms with Crippen LogP contribution in [0.1, 0.15) is 29.1 Å². The maximum atomic E-state index is 12.3. The van der Waals surface area contributed by atoms with Crippen LogP contribution in [-0.2, 0) is 4.79 Å². The van der Waals surface area contributed by atoms with E-state index in [1.54, 1.807) is 17.9 Å². The molecule has 0 saturated carbocycles. The predicted octanol–water partition coefficient (Wildman–Crippen LogP) is 2.47. The second-order valence-corrected chi connectivity index (χ2v) is 5.75. The number of likely N-dealkylation sites (tertiary alicyclic amines) is 1. The third-order valence-electron chi connectivity index (χ3n) is 4.03. The van der Waals surface area contributed by atoms with Gasteiger partial charge in [-0.2, -0.15) is 0 Å². The summed E-state index contributed by atoms with van der Waals surface area (Å²) in [6.45, 7) is 2.87. The van der Waals surface area contributed by atoms with Gasteiger partial charge in [0.2, 0.25) is 11.7 Å². The van der Waals surface area contributed by atoms with Crippen LogP contribution >= 0.6 is 0 Å². The molecule has 1 aromatic heterocycles. The Balaban J connectivity index is 1.54. The molecule has 2 aromatic rings. The summed E-state index contributed by atoms with van der Waals surface area (Å²) in [7, 11) is 0. The lowest BCUT2D eigenvalue weighted by atomic mass is 9.95. The van der Waals surface area contributed by atoms with Crippen LogP contribution in [-0.4, -0.2) is 35.0 Å². The quantitative estimate of drug-likeness (QED) is 0.944. The van der Waals surface area contributed by atoms with Gasteiger partial charge < -0.3 is 14.7 Å². The molecule has 1 N–H and O–H groups in total. The number of hydrogen-bond acceptors (Lipinski definition) is 4. The van der Waals surface area contributed by atoms with Crippen molar-refractivity contribution in [3.63, 3.8) is 0 Å². The molecule has 0 unspecified atom stereocenters. The van der Waals surface area contributed by atoms with E-state index in [0.29, 0.717) is 31.6 Å². The maximum absolute atomic E-state index is 12.3. The minimum Gasteiger partial charge on any atom is -0.351 e. The fourth-order valence-corrected chi connectivity index (χ4v) is 2.73. The summed E-state index contributed by atoms with van der Waals surface area (Å²) in [5, 5.41) is 6.66. The Bertz CT molecular complexity index is 688. The molecule has 3 rings (SSSR count). The smallest absolute Gasteiger partial charge is 0.292 e. The minimum absolute atomic E-state index is 0.0128. The Morgan fingerprint density at radius 2 is 1.91 bits per heavy atom. The Hall–Kier alpha value is -2.63. The van der Waals surface area contributed by atoms with Crippen molar-refractivity contribution in [1.82, 2.24) is 10.1 Å². The number of piperidine rings is 1. The number of amides is 2. The molecular weight excluding hydrogens is 294 g/mol. The summed E-state index contributed by atoms with van der Waals surface area (Å²) in [6, 6.07) is 11.0. The van der Waals surface area contributed by atoms with Crippen molar-refractivity contribution in [3.8, 4) is 0 Å². The molecule has 0 aliphatic carbocycles. The lowest BCUT2D eigenvalue weighted by molar-refractivity contribution is -0.121. The molecule has 2 amide bonds. The third-order valence-corrected chi connectivity index (χ3v) is 4.03. The molecule has 1 saturated heterocycles. The lowest BCUT2D eigenvalue weighted by Crippen LogP contribution is -2.41. The van der Waals surface area contributed by atoms with E-state index in [1.165, 1.54) is 0 Å². The topological polar surface area (TPSA) is 75.4 Å². The number of carbonyl (C=O) groups is 2. The molecule has 0 spiro atoms. The van der Waals surface area contributed by atoms with E-state index in [4.69, 9.17) is 4.52 Å². The Labute approximate surface area is 134 Å². The Morgan fingerprint density at radius 3 is 2.52 bits per heavy atom. The highest BCUT2D eigenvalue weighted by atomic mass is 16.5. The van der Waals surface area contributed by atoms with Gasteiger partial charge in [-0.1, -0.05) is 23.4 Å². The van der Waals surface area contributed by atoms with Gasteiger partial charge in [0.15, 0.2) is 0 Å². The first-order valence-corrected chi connectivity index (χ1v) is 7.72. The van der Waals surface area contributed by atoms with Crippen molar-refractivity contribution in [2.75, 3.05) is 18.4 Å². The largest absolute Gasteiger partial charge is 0.351 e. The summed E-state index contributed by atoms with van der Waals surface area (Å²) < 4.78 is 5.01. The van der Waals surface area contributed by atoms with E-state index in [1.807, 2.05) is 30.3 Å². The number of nitrogens with zero attached hydrogens (tertiary/aromatic N) is 2. The molecular formula is C17H19N3O3. The molecule has 1 aliphatic rings. The lowest BCUT2D eigenvalue weighted by Gasteiger charge is -2.30. The van der Waals surface area contributed by atoms with Crippen molar-refractivity contribution >= 4 is 17.5 Å². The highest BCUT2D eigenvalue weighted by Crippen LogP contribution is 2.21. The number of aryl methyl sites for hydroxylation is 1. The fourth-order valence-electron chi connectivity index (χ4n) is 2.73. The second-order valence-electron chi connectivity index (χ2n) is 5.75. The van der Waals surface area contributed by atoms with Gasteiger partial charge in [-0.25, -0.2) is 0 Å². The van der Waals surface area contributed by atoms with Gasteiger partial charge in [0, 0.05) is 30.8 Å². The van der Waals surface area contributed by atoms with E-state index in [2.05, 4.69) is 10.5 Å². The first-order valence-electron chi connectivity index (χ1n) is 7.72. The molecule has 6 nitrogen and oxygen atoms in total. The standard InChI is InChI=1S/C17H19N3O3/c1-12-11-15(23-19-12)17(22)20-9-7-13(8-10-20)16(21)18-14-5-3-2-4-6-14/h2-6,11,13H,7-10H2,1H3,(H,18,21). The number of anilines is 1. The van der Waals surface area contributed by atoms with Crippen LogP contribution in [0.4, 0.5) is 5.69 Å². The number of rotatable bonds is 3. The molecule has 1 aromatic carbocycles. The normalized spacial score (nSPS) is 15.4. The number of aromatic nitrogens is 1. The number of hydrogen-bond donors (Lipinski definition) is 1. The van der Waals surface area contributed by atoms with E-state index < -0.39 is 0 Å². The fraction of sp³-hybridized carbons (Fsp3) is 0.353. The Kier molecular flexibility index (Phi) is 4.41. The predicted molar refractivity (Wildman–Crippen MR) is 84.9 cm³/mol. The van der Waals surface area contributed by atoms with Crippen molar-refractivity contribution in [1.29, 1.82) is 0 Å². The zero-order valence-electron chi connectivity index (χ0n) is 13.0. The van der Waals surface area contributed by atoms with E-state index >= 15 is 0 Å². The summed E-state index contributed by atoms with van der Waals surface area (Å²) in [4.78, 5) is 26.3. The molecule has 2 heterocycles. The molecule has 0 bridgehead atoms. The van der Waals surface area contributed by atoms with Crippen molar-refractivity contribution in [2.24, 2.45) is 5.92 Å².